The van der Waals surface area contributed by atoms with E-state index in [1.54, 1.807) is 0 Å². The zero-order chi connectivity index (χ0) is 10.7. The number of anilines is 1. The van der Waals surface area contributed by atoms with Gasteiger partial charge in [-0.25, -0.2) is 4.98 Å². The highest BCUT2D eigenvalue weighted by Gasteiger charge is 2.16. The molecule has 0 saturated heterocycles. The minimum absolute atomic E-state index is 0.455. The zero-order valence-electron chi connectivity index (χ0n) is 8.88. The Bertz CT molecular complexity index is 330. The van der Waals surface area contributed by atoms with E-state index in [1.165, 1.54) is 38.5 Å². The van der Waals surface area contributed by atoms with Gasteiger partial charge in [-0.3, -0.25) is 0 Å². The Morgan fingerprint density at radius 2 is 1.80 bits per heavy atom. The van der Waals surface area contributed by atoms with Crippen LogP contribution >= 0.6 is 11.6 Å². The van der Waals surface area contributed by atoms with Crippen LogP contribution < -0.4 is 5.73 Å². The first-order valence-corrected chi connectivity index (χ1v) is 6.07. The highest BCUT2D eigenvalue weighted by Crippen LogP contribution is 2.31. The Kier molecular flexibility index (Phi) is 3.47. The molecule has 1 heterocycles. The number of pyridine rings is 1. The molecule has 3 heteroatoms. The minimum Gasteiger partial charge on any atom is -0.396 e. The molecule has 1 saturated carbocycles. The Morgan fingerprint density at radius 3 is 2.40 bits per heavy atom. The molecule has 15 heavy (non-hydrogen) atoms. The van der Waals surface area contributed by atoms with Crippen LogP contribution in [0.15, 0.2) is 12.1 Å². The molecule has 2 N–H and O–H groups in total. The third kappa shape index (κ3) is 2.63. The van der Waals surface area contributed by atoms with E-state index in [-0.39, 0.29) is 0 Å². The number of nitrogens with zero attached hydrogens (tertiary/aromatic N) is 1. The molecule has 1 aliphatic carbocycles. The summed E-state index contributed by atoms with van der Waals surface area (Å²) in [6.45, 7) is 0. The first-order valence-electron chi connectivity index (χ1n) is 5.69. The average Bonchev–Trinajstić information content (AvgIpc) is 2.50. The van der Waals surface area contributed by atoms with Crippen molar-refractivity contribution >= 4 is 17.3 Å². The van der Waals surface area contributed by atoms with Gasteiger partial charge in [0.1, 0.15) is 0 Å². The van der Waals surface area contributed by atoms with Crippen LogP contribution in [0.2, 0.25) is 5.15 Å². The summed E-state index contributed by atoms with van der Waals surface area (Å²) < 4.78 is 0. The molecular weight excluding hydrogens is 208 g/mol. The molecule has 0 spiro atoms. The van der Waals surface area contributed by atoms with Gasteiger partial charge in [0.05, 0.1) is 5.69 Å². The van der Waals surface area contributed by atoms with Gasteiger partial charge < -0.3 is 5.73 Å². The molecule has 0 bridgehead atoms. The average molecular weight is 225 g/mol. The lowest BCUT2D eigenvalue weighted by Crippen LogP contribution is -2.01. The lowest BCUT2D eigenvalue weighted by atomic mass is 9.96. The molecule has 1 aromatic heterocycles. The number of hydrogen-bond donors (Lipinski definition) is 1. The van der Waals surface area contributed by atoms with E-state index >= 15 is 0 Å². The maximum Gasteiger partial charge on any atom is 0.152 e. The number of nitrogens with two attached hydrogens (primary N) is 1. The molecule has 1 aromatic rings. The predicted octanol–water partition coefficient (Wildman–Crippen LogP) is 3.76. The van der Waals surface area contributed by atoms with E-state index in [0.717, 1.165) is 5.69 Å². The van der Waals surface area contributed by atoms with Crippen LogP contribution in [0.5, 0.6) is 0 Å². The number of halogens is 1. The van der Waals surface area contributed by atoms with Crippen LogP contribution in [-0.4, -0.2) is 4.98 Å². The maximum atomic E-state index is 5.94. The molecule has 0 radical (unpaired) electrons. The lowest BCUT2D eigenvalue weighted by molar-refractivity contribution is 0.578. The van der Waals surface area contributed by atoms with E-state index in [0.29, 0.717) is 16.8 Å². The van der Waals surface area contributed by atoms with Crippen LogP contribution in [0, 0.1) is 0 Å². The van der Waals surface area contributed by atoms with Crippen molar-refractivity contribution < 1.29 is 0 Å². The number of aromatic nitrogens is 1. The Morgan fingerprint density at radius 1 is 1.13 bits per heavy atom. The Labute approximate surface area is 95.8 Å². The Hall–Kier alpha value is -0.760. The van der Waals surface area contributed by atoms with Gasteiger partial charge in [-0.15, -0.1) is 0 Å². The van der Waals surface area contributed by atoms with E-state index in [1.807, 2.05) is 12.1 Å². The van der Waals surface area contributed by atoms with Crippen molar-refractivity contribution in [3.05, 3.63) is 23.0 Å². The highest BCUT2D eigenvalue weighted by molar-refractivity contribution is 6.31. The fourth-order valence-corrected chi connectivity index (χ4v) is 2.42. The lowest BCUT2D eigenvalue weighted by Gasteiger charge is -2.13. The monoisotopic (exact) mass is 224 g/mol. The van der Waals surface area contributed by atoms with E-state index in [4.69, 9.17) is 17.3 Å². The van der Waals surface area contributed by atoms with Gasteiger partial charge in [0.2, 0.25) is 0 Å². The maximum absolute atomic E-state index is 5.94. The summed E-state index contributed by atoms with van der Waals surface area (Å²) in [6.07, 6.45) is 7.83. The van der Waals surface area contributed by atoms with Crippen molar-refractivity contribution in [3.8, 4) is 0 Å². The summed E-state index contributed by atoms with van der Waals surface area (Å²) >= 11 is 5.94. The van der Waals surface area contributed by atoms with Crippen molar-refractivity contribution in [2.24, 2.45) is 0 Å². The van der Waals surface area contributed by atoms with E-state index in [2.05, 4.69) is 4.98 Å². The van der Waals surface area contributed by atoms with Crippen molar-refractivity contribution in [2.45, 2.75) is 44.4 Å². The SMILES string of the molecule is Nc1ccc(C2CCCCCC2)nc1Cl. The van der Waals surface area contributed by atoms with Gasteiger partial charge in [-0.05, 0) is 25.0 Å². The largest absolute Gasteiger partial charge is 0.396 e. The molecule has 1 fully saturated rings. The smallest absolute Gasteiger partial charge is 0.152 e. The van der Waals surface area contributed by atoms with Gasteiger partial charge in [0, 0.05) is 11.6 Å². The second-order valence-corrected chi connectivity index (χ2v) is 4.66. The molecule has 0 aliphatic heterocycles. The van der Waals surface area contributed by atoms with Crippen molar-refractivity contribution in [1.29, 1.82) is 0 Å². The van der Waals surface area contributed by atoms with Gasteiger partial charge >= 0.3 is 0 Å². The van der Waals surface area contributed by atoms with Gasteiger partial charge in [-0.2, -0.15) is 0 Å². The van der Waals surface area contributed by atoms with Crippen LogP contribution in [0.3, 0.4) is 0 Å². The minimum atomic E-state index is 0.455. The standard InChI is InChI=1S/C12H17ClN2/c13-12-10(14)7-8-11(15-12)9-5-3-1-2-4-6-9/h7-9H,1-6,14H2. The second-order valence-electron chi connectivity index (χ2n) is 4.30. The second kappa shape index (κ2) is 4.84. The fraction of sp³-hybridized carbons (Fsp3) is 0.583. The zero-order valence-corrected chi connectivity index (χ0v) is 9.63. The van der Waals surface area contributed by atoms with Crippen molar-refractivity contribution in [1.82, 2.24) is 4.98 Å². The highest BCUT2D eigenvalue weighted by atomic mass is 35.5. The fourth-order valence-electron chi connectivity index (χ4n) is 2.26. The topological polar surface area (TPSA) is 38.9 Å². The van der Waals surface area contributed by atoms with Crippen LogP contribution in [-0.2, 0) is 0 Å². The molecule has 0 atom stereocenters. The molecule has 0 amide bonds. The normalized spacial score (nSPS) is 18.7. The summed E-state index contributed by atoms with van der Waals surface area (Å²) in [5.41, 5.74) is 7.35. The quantitative estimate of drug-likeness (QED) is 0.583. The molecule has 2 rings (SSSR count). The van der Waals surface area contributed by atoms with Gasteiger partial charge in [0.15, 0.2) is 5.15 Å². The van der Waals surface area contributed by atoms with Crippen molar-refractivity contribution in [2.75, 3.05) is 5.73 Å². The van der Waals surface area contributed by atoms with E-state index in [9.17, 15) is 0 Å². The first-order chi connectivity index (χ1) is 7.27. The van der Waals surface area contributed by atoms with Crippen LogP contribution in [0.25, 0.3) is 0 Å². The molecule has 82 valence electrons. The van der Waals surface area contributed by atoms with E-state index < -0.39 is 0 Å². The predicted molar refractivity (Wildman–Crippen MR) is 64.1 cm³/mol. The summed E-state index contributed by atoms with van der Waals surface area (Å²) in [7, 11) is 0. The number of hydrogen-bond acceptors (Lipinski definition) is 2. The molecule has 2 nitrogen and oxygen atoms in total. The molecule has 1 aliphatic rings. The molecule has 0 aromatic carbocycles. The summed E-state index contributed by atoms with van der Waals surface area (Å²) in [4.78, 5) is 4.38. The molecule has 0 unspecified atom stereocenters. The number of nitrogen functional groups attached to an aromatic ring is 1. The third-order valence-electron chi connectivity index (χ3n) is 3.17. The first kappa shape index (κ1) is 10.7. The van der Waals surface area contributed by atoms with Gasteiger partial charge in [0.25, 0.3) is 0 Å². The van der Waals surface area contributed by atoms with Crippen LogP contribution in [0.1, 0.15) is 50.1 Å². The summed E-state index contributed by atoms with van der Waals surface area (Å²) in [6, 6.07) is 3.90. The van der Waals surface area contributed by atoms with Gasteiger partial charge in [-0.1, -0.05) is 37.3 Å². The summed E-state index contributed by atoms with van der Waals surface area (Å²) in [5.74, 6) is 0.589. The van der Waals surface area contributed by atoms with Crippen LogP contribution in [0.4, 0.5) is 5.69 Å². The Balaban J connectivity index is 2.16. The number of rotatable bonds is 1. The third-order valence-corrected chi connectivity index (χ3v) is 3.48. The van der Waals surface area contributed by atoms with Crippen molar-refractivity contribution in [3.63, 3.8) is 0 Å². The summed E-state index contributed by atoms with van der Waals surface area (Å²) in [5, 5.41) is 0.455. The molecular formula is C12H17ClN2.